The summed E-state index contributed by atoms with van der Waals surface area (Å²) in [6, 6.07) is 5.65. The van der Waals surface area contributed by atoms with E-state index in [0.717, 1.165) is 16.6 Å². The number of aryl methyl sites for hydroxylation is 1. The monoisotopic (exact) mass is 247 g/mol. The van der Waals surface area contributed by atoms with Crippen molar-refractivity contribution in [2.24, 2.45) is 7.05 Å². The lowest BCUT2D eigenvalue weighted by Gasteiger charge is -2.07. The van der Waals surface area contributed by atoms with Crippen molar-refractivity contribution in [1.29, 1.82) is 0 Å². The second-order valence-corrected chi connectivity index (χ2v) is 4.51. The lowest BCUT2D eigenvalue weighted by molar-refractivity contribution is -0.114. The van der Waals surface area contributed by atoms with Crippen molar-refractivity contribution < 1.29 is 9.53 Å². The van der Waals surface area contributed by atoms with Crippen molar-refractivity contribution in [3.8, 4) is 5.88 Å². The molecule has 1 aromatic carbocycles. The average Bonchev–Trinajstić information content (AvgIpc) is 2.54. The number of aromatic nitrogens is 2. The fourth-order valence-corrected chi connectivity index (χ4v) is 1.82. The van der Waals surface area contributed by atoms with Crippen LogP contribution < -0.4 is 10.1 Å². The first-order valence-electron chi connectivity index (χ1n) is 5.88. The number of fused-ring (bicyclic) bond motifs is 1. The van der Waals surface area contributed by atoms with Crippen LogP contribution in [0.5, 0.6) is 5.88 Å². The molecule has 0 radical (unpaired) electrons. The van der Waals surface area contributed by atoms with Gasteiger partial charge in [-0.15, -0.1) is 5.10 Å². The maximum absolute atomic E-state index is 11.1. The predicted molar refractivity (Wildman–Crippen MR) is 70.8 cm³/mol. The standard InChI is InChI=1S/C13H17N3O2/c1-8(2)18-13-11-7-10(14-9(3)17)5-6-12(11)16(4)15-13/h5-8H,1-4H3,(H,14,17). The van der Waals surface area contributed by atoms with Crippen LogP contribution in [0.3, 0.4) is 0 Å². The average molecular weight is 247 g/mol. The van der Waals surface area contributed by atoms with Crippen molar-refractivity contribution in [1.82, 2.24) is 9.78 Å². The van der Waals surface area contributed by atoms with Crippen LogP contribution in [0.25, 0.3) is 10.9 Å². The highest BCUT2D eigenvalue weighted by Gasteiger charge is 2.12. The molecule has 2 aromatic rings. The van der Waals surface area contributed by atoms with E-state index in [2.05, 4.69) is 10.4 Å². The third-order valence-corrected chi connectivity index (χ3v) is 2.48. The van der Waals surface area contributed by atoms with E-state index in [1.54, 1.807) is 4.68 Å². The summed E-state index contributed by atoms with van der Waals surface area (Å²) in [5.41, 5.74) is 1.72. The summed E-state index contributed by atoms with van der Waals surface area (Å²) >= 11 is 0. The Labute approximate surface area is 106 Å². The van der Waals surface area contributed by atoms with Crippen LogP contribution in [-0.2, 0) is 11.8 Å². The zero-order valence-corrected chi connectivity index (χ0v) is 11.0. The third kappa shape index (κ3) is 2.45. The maximum Gasteiger partial charge on any atom is 0.241 e. The Bertz CT molecular complexity index is 587. The highest BCUT2D eigenvalue weighted by Crippen LogP contribution is 2.28. The van der Waals surface area contributed by atoms with Gasteiger partial charge in [-0.2, -0.15) is 0 Å². The zero-order valence-electron chi connectivity index (χ0n) is 11.0. The molecule has 0 aliphatic heterocycles. The van der Waals surface area contributed by atoms with Crippen LogP contribution in [0.15, 0.2) is 18.2 Å². The molecule has 0 aliphatic carbocycles. The van der Waals surface area contributed by atoms with E-state index in [-0.39, 0.29) is 12.0 Å². The van der Waals surface area contributed by atoms with E-state index in [0.29, 0.717) is 5.88 Å². The van der Waals surface area contributed by atoms with Crippen molar-refractivity contribution in [2.45, 2.75) is 26.9 Å². The first kappa shape index (κ1) is 12.4. The van der Waals surface area contributed by atoms with Gasteiger partial charge in [0.2, 0.25) is 11.8 Å². The molecule has 1 amide bonds. The van der Waals surface area contributed by atoms with Gasteiger partial charge in [0.15, 0.2) is 0 Å². The van der Waals surface area contributed by atoms with E-state index in [9.17, 15) is 4.79 Å². The Balaban J connectivity index is 2.48. The van der Waals surface area contributed by atoms with Crippen molar-refractivity contribution in [3.05, 3.63) is 18.2 Å². The summed E-state index contributed by atoms with van der Waals surface area (Å²) < 4.78 is 7.43. The van der Waals surface area contributed by atoms with Crippen molar-refractivity contribution in [3.63, 3.8) is 0 Å². The largest absolute Gasteiger partial charge is 0.473 e. The maximum atomic E-state index is 11.1. The fraction of sp³-hybridized carbons (Fsp3) is 0.385. The molecule has 1 N–H and O–H groups in total. The quantitative estimate of drug-likeness (QED) is 0.905. The number of ether oxygens (including phenoxy) is 1. The van der Waals surface area contributed by atoms with E-state index in [1.807, 2.05) is 39.1 Å². The van der Waals surface area contributed by atoms with Crippen molar-refractivity contribution >= 4 is 22.5 Å². The number of carbonyl (C=O) groups is 1. The first-order chi connectivity index (χ1) is 8.47. The van der Waals surface area contributed by atoms with Gasteiger partial charge in [0, 0.05) is 19.7 Å². The minimum atomic E-state index is -0.0930. The number of carbonyl (C=O) groups excluding carboxylic acids is 1. The minimum absolute atomic E-state index is 0.0625. The van der Waals surface area contributed by atoms with Crippen LogP contribution in [0.1, 0.15) is 20.8 Å². The number of benzene rings is 1. The van der Waals surface area contributed by atoms with Crippen molar-refractivity contribution in [2.75, 3.05) is 5.32 Å². The van der Waals surface area contributed by atoms with Gasteiger partial charge < -0.3 is 10.1 Å². The number of nitrogens with zero attached hydrogens (tertiary/aromatic N) is 2. The summed E-state index contributed by atoms with van der Waals surface area (Å²) in [6.45, 7) is 5.40. The van der Waals surface area contributed by atoms with E-state index in [4.69, 9.17) is 4.74 Å². The molecular formula is C13H17N3O2. The highest BCUT2D eigenvalue weighted by molar-refractivity contribution is 5.94. The Morgan fingerprint density at radius 1 is 1.44 bits per heavy atom. The Morgan fingerprint density at radius 3 is 2.78 bits per heavy atom. The molecule has 18 heavy (non-hydrogen) atoms. The number of nitrogens with one attached hydrogen (secondary N) is 1. The van der Waals surface area contributed by atoms with Gasteiger partial charge in [-0.1, -0.05) is 0 Å². The number of amides is 1. The molecule has 0 aliphatic rings. The smallest absolute Gasteiger partial charge is 0.241 e. The molecule has 0 saturated carbocycles. The summed E-state index contributed by atoms with van der Waals surface area (Å²) in [7, 11) is 1.87. The van der Waals surface area contributed by atoms with Crippen LogP contribution in [-0.4, -0.2) is 21.8 Å². The molecule has 0 fully saturated rings. The molecule has 1 heterocycles. The number of anilines is 1. The summed E-state index contributed by atoms with van der Waals surface area (Å²) in [4.78, 5) is 11.1. The van der Waals surface area contributed by atoms with Gasteiger partial charge in [0.1, 0.15) is 0 Å². The number of rotatable bonds is 3. The molecule has 0 unspecified atom stereocenters. The van der Waals surface area contributed by atoms with E-state index in [1.165, 1.54) is 6.92 Å². The third-order valence-electron chi connectivity index (χ3n) is 2.48. The van der Waals surface area contributed by atoms with E-state index >= 15 is 0 Å². The topological polar surface area (TPSA) is 56.1 Å². The highest BCUT2D eigenvalue weighted by atomic mass is 16.5. The van der Waals surface area contributed by atoms with Gasteiger partial charge in [0.25, 0.3) is 0 Å². The molecule has 5 nitrogen and oxygen atoms in total. The number of hydrogen-bond donors (Lipinski definition) is 1. The second kappa shape index (κ2) is 4.68. The second-order valence-electron chi connectivity index (χ2n) is 4.51. The molecule has 0 bridgehead atoms. The summed E-state index contributed by atoms with van der Waals surface area (Å²) in [5, 5.41) is 7.99. The van der Waals surface area contributed by atoms with Gasteiger partial charge in [-0.3, -0.25) is 9.48 Å². The van der Waals surface area contributed by atoms with Crippen LogP contribution in [0.4, 0.5) is 5.69 Å². The predicted octanol–water partition coefficient (Wildman–Crippen LogP) is 2.32. The Kier molecular flexibility index (Phi) is 3.23. The van der Waals surface area contributed by atoms with Crippen LogP contribution in [0, 0.1) is 0 Å². The molecule has 0 saturated heterocycles. The Hall–Kier alpha value is -2.04. The molecule has 96 valence electrons. The van der Waals surface area contributed by atoms with Gasteiger partial charge in [-0.05, 0) is 32.0 Å². The summed E-state index contributed by atoms with van der Waals surface area (Å²) in [6.07, 6.45) is 0.0625. The first-order valence-corrected chi connectivity index (χ1v) is 5.88. The number of hydrogen-bond acceptors (Lipinski definition) is 3. The lowest BCUT2D eigenvalue weighted by Crippen LogP contribution is -2.07. The fourth-order valence-electron chi connectivity index (χ4n) is 1.82. The normalized spacial score (nSPS) is 10.9. The van der Waals surface area contributed by atoms with Crippen LogP contribution in [0.2, 0.25) is 0 Å². The summed E-state index contributed by atoms with van der Waals surface area (Å²) in [5.74, 6) is 0.499. The lowest BCUT2D eigenvalue weighted by atomic mass is 10.2. The van der Waals surface area contributed by atoms with Gasteiger partial charge in [-0.25, -0.2) is 0 Å². The molecule has 2 rings (SSSR count). The molecule has 1 aromatic heterocycles. The minimum Gasteiger partial charge on any atom is -0.473 e. The molecular weight excluding hydrogens is 230 g/mol. The van der Waals surface area contributed by atoms with Gasteiger partial charge in [0.05, 0.1) is 17.0 Å². The van der Waals surface area contributed by atoms with Crippen LogP contribution >= 0.6 is 0 Å². The molecule has 5 heteroatoms. The van der Waals surface area contributed by atoms with Gasteiger partial charge >= 0.3 is 0 Å². The SMILES string of the molecule is CC(=O)Nc1ccc2c(c1)c(OC(C)C)nn2C. The Morgan fingerprint density at radius 2 is 2.17 bits per heavy atom. The van der Waals surface area contributed by atoms with E-state index < -0.39 is 0 Å². The molecule has 0 atom stereocenters. The zero-order chi connectivity index (χ0) is 13.3. The molecule has 0 spiro atoms.